The van der Waals surface area contributed by atoms with Crippen LogP contribution in [-0.2, 0) is 21.8 Å². The lowest BCUT2D eigenvalue weighted by molar-refractivity contribution is -0.130. The van der Waals surface area contributed by atoms with Crippen molar-refractivity contribution in [3.63, 3.8) is 0 Å². The standard InChI is InChI=1S/C26H34N6O3S/c1-4-23-17-24(31-13-9-29(10-14-31)19(2)33)28-26(27-23)36-18-21-5-7-22(8-6-21)25(35)32-15-11-30(12-16-32)20(3)34/h5-8,17H,4,9-16,18H2,1-3H3. The van der Waals surface area contributed by atoms with Gasteiger partial charge >= 0.3 is 0 Å². The summed E-state index contributed by atoms with van der Waals surface area (Å²) in [7, 11) is 0. The second-order valence-electron chi connectivity index (χ2n) is 9.13. The number of carbonyl (C=O) groups is 3. The van der Waals surface area contributed by atoms with Crippen molar-refractivity contribution in [3.05, 3.63) is 47.2 Å². The Hall–Kier alpha value is -3.14. The number of carbonyl (C=O) groups excluding carboxylic acids is 3. The van der Waals surface area contributed by atoms with Gasteiger partial charge in [-0.25, -0.2) is 9.97 Å². The molecule has 9 nitrogen and oxygen atoms in total. The van der Waals surface area contributed by atoms with Gasteiger partial charge in [-0.2, -0.15) is 0 Å². The number of hydrogen-bond donors (Lipinski definition) is 0. The molecule has 2 aliphatic heterocycles. The predicted molar refractivity (Wildman–Crippen MR) is 140 cm³/mol. The number of nitrogens with zero attached hydrogens (tertiary/aromatic N) is 6. The van der Waals surface area contributed by atoms with Crippen LogP contribution in [0.5, 0.6) is 0 Å². The fourth-order valence-electron chi connectivity index (χ4n) is 4.42. The number of piperazine rings is 2. The number of aromatic nitrogens is 2. The third-order valence-corrected chi connectivity index (χ3v) is 7.66. The molecule has 2 aliphatic rings. The zero-order valence-corrected chi connectivity index (χ0v) is 22.1. The van der Waals surface area contributed by atoms with Crippen molar-refractivity contribution >= 4 is 35.3 Å². The van der Waals surface area contributed by atoms with Crippen molar-refractivity contribution in [1.29, 1.82) is 0 Å². The summed E-state index contributed by atoms with van der Waals surface area (Å²) in [5.74, 6) is 1.80. The molecule has 0 spiro atoms. The van der Waals surface area contributed by atoms with Crippen molar-refractivity contribution in [1.82, 2.24) is 24.7 Å². The summed E-state index contributed by atoms with van der Waals surface area (Å²) < 4.78 is 0. The van der Waals surface area contributed by atoms with E-state index in [2.05, 4.69) is 11.8 Å². The van der Waals surface area contributed by atoms with Crippen molar-refractivity contribution < 1.29 is 14.4 Å². The lowest BCUT2D eigenvalue weighted by Crippen LogP contribution is -2.50. The van der Waals surface area contributed by atoms with Gasteiger partial charge in [0.05, 0.1) is 0 Å². The molecule has 10 heteroatoms. The molecule has 3 heterocycles. The zero-order chi connectivity index (χ0) is 25.7. The van der Waals surface area contributed by atoms with Gasteiger partial charge < -0.3 is 19.6 Å². The number of aryl methyl sites for hydroxylation is 1. The molecule has 192 valence electrons. The molecule has 4 rings (SSSR count). The molecule has 36 heavy (non-hydrogen) atoms. The van der Waals surface area contributed by atoms with Gasteiger partial charge in [0.15, 0.2) is 5.16 Å². The highest BCUT2D eigenvalue weighted by atomic mass is 32.2. The number of amides is 3. The first-order valence-electron chi connectivity index (χ1n) is 12.5. The average Bonchev–Trinajstić information content (AvgIpc) is 2.91. The fraction of sp³-hybridized carbons (Fsp3) is 0.500. The van der Waals surface area contributed by atoms with E-state index < -0.39 is 0 Å². The Morgan fingerprint density at radius 3 is 1.92 bits per heavy atom. The van der Waals surface area contributed by atoms with E-state index >= 15 is 0 Å². The zero-order valence-electron chi connectivity index (χ0n) is 21.3. The van der Waals surface area contributed by atoms with Crippen LogP contribution in [0.2, 0.25) is 0 Å². The second-order valence-corrected chi connectivity index (χ2v) is 10.1. The van der Waals surface area contributed by atoms with Crippen LogP contribution in [0.1, 0.15) is 42.4 Å². The van der Waals surface area contributed by atoms with Crippen LogP contribution in [0.3, 0.4) is 0 Å². The Kier molecular flexibility index (Phi) is 8.45. The summed E-state index contributed by atoms with van der Waals surface area (Å²) in [6, 6.07) is 9.76. The molecule has 0 aliphatic carbocycles. The van der Waals surface area contributed by atoms with E-state index in [1.165, 1.54) is 0 Å². The van der Waals surface area contributed by atoms with Crippen LogP contribution in [0.25, 0.3) is 0 Å². The van der Waals surface area contributed by atoms with E-state index in [1.807, 2.05) is 40.1 Å². The van der Waals surface area contributed by atoms with Gasteiger partial charge in [0.25, 0.3) is 5.91 Å². The highest BCUT2D eigenvalue weighted by molar-refractivity contribution is 7.98. The van der Waals surface area contributed by atoms with Gasteiger partial charge in [-0.3, -0.25) is 14.4 Å². The molecule has 2 aromatic rings. The third-order valence-electron chi connectivity index (χ3n) is 6.74. The molecule has 1 aromatic heterocycles. The van der Waals surface area contributed by atoms with Gasteiger partial charge in [-0.05, 0) is 24.1 Å². The predicted octanol–water partition coefficient (Wildman–Crippen LogP) is 2.30. The molecule has 2 saturated heterocycles. The third kappa shape index (κ3) is 6.34. The van der Waals surface area contributed by atoms with Crippen molar-refractivity contribution in [3.8, 4) is 0 Å². The first kappa shape index (κ1) is 25.9. The molecule has 0 saturated carbocycles. The summed E-state index contributed by atoms with van der Waals surface area (Å²) in [6.45, 7) is 10.5. The van der Waals surface area contributed by atoms with Gasteiger partial charge in [0, 0.05) is 89.3 Å². The minimum absolute atomic E-state index is 0.00546. The van der Waals surface area contributed by atoms with Crippen molar-refractivity contribution in [2.24, 2.45) is 0 Å². The normalized spacial score (nSPS) is 16.3. The molecule has 0 bridgehead atoms. The smallest absolute Gasteiger partial charge is 0.253 e. The van der Waals surface area contributed by atoms with Crippen molar-refractivity contribution in [2.75, 3.05) is 57.3 Å². The Morgan fingerprint density at radius 2 is 1.36 bits per heavy atom. The quantitative estimate of drug-likeness (QED) is 0.435. The second kappa shape index (κ2) is 11.7. The summed E-state index contributed by atoms with van der Waals surface area (Å²) in [4.78, 5) is 53.2. The number of rotatable bonds is 6. The number of benzene rings is 1. The highest BCUT2D eigenvalue weighted by Crippen LogP contribution is 2.24. The average molecular weight is 511 g/mol. The Bertz CT molecular complexity index is 1090. The van der Waals surface area contributed by atoms with E-state index in [0.717, 1.165) is 41.7 Å². The largest absolute Gasteiger partial charge is 0.353 e. The molecule has 3 amide bonds. The monoisotopic (exact) mass is 510 g/mol. The van der Waals surface area contributed by atoms with E-state index in [1.54, 1.807) is 30.5 Å². The first-order valence-corrected chi connectivity index (χ1v) is 13.5. The van der Waals surface area contributed by atoms with Crippen LogP contribution in [0, 0.1) is 0 Å². The minimum atomic E-state index is 0.00546. The molecule has 0 unspecified atom stereocenters. The first-order chi connectivity index (χ1) is 17.3. The summed E-state index contributed by atoms with van der Waals surface area (Å²) in [6.07, 6.45) is 0.827. The van der Waals surface area contributed by atoms with Crippen LogP contribution >= 0.6 is 11.8 Å². The number of hydrogen-bond acceptors (Lipinski definition) is 7. The summed E-state index contributed by atoms with van der Waals surface area (Å²) in [5, 5.41) is 0.738. The molecule has 0 radical (unpaired) electrons. The Balaban J connectivity index is 1.35. The lowest BCUT2D eigenvalue weighted by Gasteiger charge is -2.35. The summed E-state index contributed by atoms with van der Waals surface area (Å²) in [5.41, 5.74) is 2.76. The highest BCUT2D eigenvalue weighted by Gasteiger charge is 2.23. The van der Waals surface area contributed by atoms with Gasteiger partial charge in [0.1, 0.15) is 5.82 Å². The molecular formula is C26H34N6O3S. The van der Waals surface area contributed by atoms with Crippen LogP contribution in [-0.4, -0.2) is 94.7 Å². The van der Waals surface area contributed by atoms with Crippen molar-refractivity contribution in [2.45, 2.75) is 38.1 Å². The molecular weight excluding hydrogens is 476 g/mol. The maximum absolute atomic E-state index is 12.9. The molecule has 1 aromatic carbocycles. The topological polar surface area (TPSA) is 90.0 Å². The van der Waals surface area contributed by atoms with E-state index in [4.69, 9.17) is 9.97 Å². The molecule has 0 N–H and O–H groups in total. The van der Waals surface area contributed by atoms with E-state index in [9.17, 15) is 14.4 Å². The number of thioether (sulfide) groups is 1. The Morgan fingerprint density at radius 1 is 0.806 bits per heavy atom. The van der Waals surface area contributed by atoms with Crippen LogP contribution < -0.4 is 4.90 Å². The van der Waals surface area contributed by atoms with Crippen LogP contribution in [0.15, 0.2) is 35.5 Å². The SMILES string of the molecule is CCc1cc(N2CCN(C(C)=O)CC2)nc(SCc2ccc(C(=O)N3CCN(C(C)=O)CC3)cc2)n1. The van der Waals surface area contributed by atoms with Gasteiger partial charge in [-0.15, -0.1) is 0 Å². The van der Waals surface area contributed by atoms with Gasteiger partial charge in [0.2, 0.25) is 11.8 Å². The molecule has 2 fully saturated rings. The van der Waals surface area contributed by atoms with E-state index in [-0.39, 0.29) is 17.7 Å². The summed E-state index contributed by atoms with van der Waals surface area (Å²) >= 11 is 1.59. The maximum atomic E-state index is 12.9. The maximum Gasteiger partial charge on any atom is 0.253 e. The van der Waals surface area contributed by atoms with E-state index in [0.29, 0.717) is 50.6 Å². The molecule has 0 atom stereocenters. The number of anilines is 1. The van der Waals surface area contributed by atoms with Crippen LogP contribution in [0.4, 0.5) is 5.82 Å². The Labute approximate surface area is 216 Å². The van der Waals surface area contributed by atoms with Gasteiger partial charge in [-0.1, -0.05) is 30.8 Å². The minimum Gasteiger partial charge on any atom is -0.353 e. The lowest BCUT2D eigenvalue weighted by atomic mass is 10.1. The fourth-order valence-corrected chi connectivity index (χ4v) is 5.24.